The molecule has 1 aromatic heterocycles. The third kappa shape index (κ3) is 7.93. The van der Waals surface area contributed by atoms with Crippen molar-refractivity contribution in [2.75, 3.05) is 24.4 Å². The van der Waals surface area contributed by atoms with Gasteiger partial charge >= 0.3 is 0 Å². The zero-order valence-corrected chi connectivity index (χ0v) is 31.5. The molecular weight excluding hydrogens is 794 g/mol. The van der Waals surface area contributed by atoms with Crippen LogP contribution in [0.4, 0.5) is 11.6 Å². The number of carbonyl (C=O) groups is 1. The molecule has 1 unspecified atom stereocenters. The standard InChI is InChI=1S/C36H32Br2ClN5O4S/c1-4-47-30-18-24(17-26(38)33(30)48-19-22-10-9-12-25(37)16-22)32-31(34(45)41-28-14-7-8-15-29(28)46-3)21(2)40-35-42-36(43-44(32)35)49-20-23-11-5-6-13-27(23)39/h5-18,32H,4,19-20H2,1-3H3,(H,41,45)(H,40,42,43). The number of anilines is 2. The van der Waals surface area contributed by atoms with E-state index >= 15 is 0 Å². The van der Waals surface area contributed by atoms with Crippen LogP contribution in [0, 0.1) is 0 Å². The van der Waals surface area contributed by atoms with E-state index in [0.717, 1.165) is 21.2 Å². The Morgan fingerprint density at radius 3 is 2.59 bits per heavy atom. The molecule has 9 nitrogen and oxygen atoms in total. The molecule has 252 valence electrons. The molecule has 1 atom stereocenters. The number of para-hydroxylation sites is 2. The van der Waals surface area contributed by atoms with Gasteiger partial charge in [0.15, 0.2) is 11.5 Å². The van der Waals surface area contributed by atoms with Gasteiger partial charge in [-0.3, -0.25) is 4.79 Å². The molecule has 1 aliphatic heterocycles. The highest BCUT2D eigenvalue weighted by Gasteiger charge is 2.36. The van der Waals surface area contributed by atoms with Crippen molar-refractivity contribution >= 4 is 72.8 Å². The second-order valence-electron chi connectivity index (χ2n) is 10.9. The summed E-state index contributed by atoms with van der Waals surface area (Å²) in [4.78, 5) is 19.0. The summed E-state index contributed by atoms with van der Waals surface area (Å²) < 4.78 is 21.3. The number of benzene rings is 4. The van der Waals surface area contributed by atoms with Crippen LogP contribution in [0.25, 0.3) is 0 Å². The SMILES string of the molecule is CCOc1cc(C2C(C(=O)Nc3ccccc3OC)=C(C)Nc3nc(SCc4ccccc4Cl)nn32)cc(Br)c1OCc1cccc(Br)c1. The van der Waals surface area contributed by atoms with Crippen molar-refractivity contribution in [2.24, 2.45) is 0 Å². The van der Waals surface area contributed by atoms with E-state index < -0.39 is 6.04 Å². The van der Waals surface area contributed by atoms with Gasteiger partial charge in [-0.05, 0) is 88.9 Å². The van der Waals surface area contributed by atoms with Gasteiger partial charge in [0.25, 0.3) is 5.91 Å². The molecule has 0 saturated carbocycles. The van der Waals surface area contributed by atoms with E-state index in [-0.39, 0.29) is 5.91 Å². The number of hydrogen-bond acceptors (Lipinski definition) is 8. The van der Waals surface area contributed by atoms with Crippen molar-refractivity contribution in [1.82, 2.24) is 14.8 Å². The molecule has 4 aromatic carbocycles. The van der Waals surface area contributed by atoms with Gasteiger partial charge in [0.05, 0.1) is 29.4 Å². The number of nitrogens with one attached hydrogen (secondary N) is 2. The number of fused-ring (bicyclic) bond motifs is 1. The molecule has 13 heteroatoms. The summed E-state index contributed by atoms with van der Waals surface area (Å²) >= 11 is 15.2. The highest BCUT2D eigenvalue weighted by Crippen LogP contribution is 2.44. The first-order chi connectivity index (χ1) is 23.7. The van der Waals surface area contributed by atoms with Crippen molar-refractivity contribution in [3.63, 3.8) is 0 Å². The van der Waals surface area contributed by atoms with Crippen LogP contribution >= 0.6 is 55.2 Å². The van der Waals surface area contributed by atoms with Gasteiger partial charge in [0.1, 0.15) is 18.4 Å². The van der Waals surface area contributed by atoms with Crippen LogP contribution in [0.5, 0.6) is 17.2 Å². The number of rotatable bonds is 12. The van der Waals surface area contributed by atoms with Crippen molar-refractivity contribution < 1.29 is 19.0 Å². The Labute approximate surface area is 310 Å². The van der Waals surface area contributed by atoms with Crippen LogP contribution in [0.2, 0.25) is 5.02 Å². The van der Waals surface area contributed by atoms with Crippen LogP contribution in [0.1, 0.15) is 36.6 Å². The molecule has 0 aliphatic carbocycles. The third-order valence-corrected chi connectivity index (χ3v) is 10.0. The fourth-order valence-electron chi connectivity index (χ4n) is 5.42. The lowest BCUT2D eigenvalue weighted by molar-refractivity contribution is -0.113. The minimum absolute atomic E-state index is 0.324. The molecule has 49 heavy (non-hydrogen) atoms. The number of carbonyl (C=O) groups excluding carboxylic acids is 1. The number of halogens is 3. The number of ether oxygens (including phenoxy) is 3. The average molecular weight is 826 g/mol. The number of allylic oxidation sites excluding steroid dienone is 1. The highest BCUT2D eigenvalue weighted by atomic mass is 79.9. The number of thioether (sulfide) groups is 1. The molecule has 0 radical (unpaired) electrons. The summed E-state index contributed by atoms with van der Waals surface area (Å²) in [5.41, 5.74) is 4.33. The Morgan fingerprint density at radius 2 is 1.82 bits per heavy atom. The van der Waals surface area contributed by atoms with Crippen molar-refractivity contribution in [3.05, 3.63) is 127 Å². The molecule has 5 aromatic rings. The summed E-state index contributed by atoms with van der Waals surface area (Å²) in [6, 6.07) is 26.0. The smallest absolute Gasteiger partial charge is 0.255 e. The maximum atomic E-state index is 14.2. The predicted molar refractivity (Wildman–Crippen MR) is 201 cm³/mol. The van der Waals surface area contributed by atoms with E-state index in [1.807, 2.05) is 86.6 Å². The van der Waals surface area contributed by atoms with Crippen LogP contribution in [-0.4, -0.2) is 34.4 Å². The normalized spacial score (nSPS) is 13.8. The van der Waals surface area contributed by atoms with Crippen LogP contribution < -0.4 is 24.8 Å². The van der Waals surface area contributed by atoms with Crippen molar-refractivity contribution in [2.45, 2.75) is 37.4 Å². The van der Waals surface area contributed by atoms with E-state index in [0.29, 0.717) is 73.8 Å². The fraction of sp³-hybridized carbons (Fsp3) is 0.194. The minimum atomic E-state index is -0.678. The number of hydrogen-bond donors (Lipinski definition) is 2. The van der Waals surface area contributed by atoms with E-state index in [1.54, 1.807) is 23.9 Å². The summed E-state index contributed by atoms with van der Waals surface area (Å²) in [7, 11) is 1.57. The zero-order chi connectivity index (χ0) is 34.5. The number of aromatic nitrogens is 3. The van der Waals surface area contributed by atoms with Gasteiger partial charge in [-0.25, -0.2) is 4.68 Å². The molecule has 1 aliphatic rings. The Hall–Kier alpha value is -3.97. The lowest BCUT2D eigenvalue weighted by Gasteiger charge is -2.29. The quantitative estimate of drug-likeness (QED) is 0.120. The number of amides is 1. The van der Waals surface area contributed by atoms with Crippen LogP contribution in [0.15, 0.2) is 110 Å². The highest BCUT2D eigenvalue weighted by molar-refractivity contribution is 9.10. The lowest BCUT2D eigenvalue weighted by atomic mass is 9.94. The van der Waals surface area contributed by atoms with Crippen LogP contribution in [0.3, 0.4) is 0 Å². The molecule has 0 bridgehead atoms. The zero-order valence-electron chi connectivity index (χ0n) is 26.8. The molecule has 0 saturated heterocycles. The minimum Gasteiger partial charge on any atom is -0.495 e. The molecule has 1 amide bonds. The molecule has 6 rings (SSSR count). The van der Waals surface area contributed by atoms with Gasteiger partial charge in [-0.2, -0.15) is 4.98 Å². The number of nitrogens with zero attached hydrogens (tertiary/aromatic N) is 3. The largest absolute Gasteiger partial charge is 0.495 e. The average Bonchev–Trinajstić information content (AvgIpc) is 3.49. The monoisotopic (exact) mass is 823 g/mol. The summed E-state index contributed by atoms with van der Waals surface area (Å²) in [6.07, 6.45) is 0. The Bertz CT molecular complexity index is 2040. The third-order valence-electron chi connectivity index (χ3n) is 7.67. The van der Waals surface area contributed by atoms with Gasteiger partial charge in [0.2, 0.25) is 11.1 Å². The lowest BCUT2D eigenvalue weighted by Crippen LogP contribution is -2.31. The van der Waals surface area contributed by atoms with Crippen molar-refractivity contribution in [3.8, 4) is 17.2 Å². The predicted octanol–water partition coefficient (Wildman–Crippen LogP) is 9.66. The molecule has 2 heterocycles. The fourth-order valence-corrected chi connectivity index (χ4v) is 7.56. The van der Waals surface area contributed by atoms with E-state index in [2.05, 4.69) is 42.5 Å². The number of methoxy groups -OCH3 is 1. The Morgan fingerprint density at radius 1 is 1.02 bits per heavy atom. The van der Waals surface area contributed by atoms with E-state index in [9.17, 15) is 4.79 Å². The topological polar surface area (TPSA) is 99.5 Å². The second-order valence-corrected chi connectivity index (χ2v) is 14.1. The maximum absolute atomic E-state index is 14.2. The first-order valence-corrected chi connectivity index (χ1v) is 18.3. The molecule has 2 N–H and O–H groups in total. The van der Waals surface area contributed by atoms with Crippen LogP contribution in [-0.2, 0) is 17.2 Å². The summed E-state index contributed by atoms with van der Waals surface area (Å²) in [5, 5.41) is 12.5. The van der Waals surface area contributed by atoms with E-state index in [1.165, 1.54) is 11.8 Å². The molecule has 0 spiro atoms. The first-order valence-electron chi connectivity index (χ1n) is 15.3. The van der Waals surface area contributed by atoms with E-state index in [4.69, 9.17) is 35.9 Å². The van der Waals surface area contributed by atoms with Gasteiger partial charge in [0, 0.05) is 20.9 Å². The van der Waals surface area contributed by atoms with Gasteiger partial charge in [-0.1, -0.05) is 81.8 Å². The molecular formula is C36H32Br2ClN5O4S. The molecule has 0 fully saturated rings. The van der Waals surface area contributed by atoms with Gasteiger partial charge in [-0.15, -0.1) is 5.10 Å². The second kappa shape index (κ2) is 15.7. The summed E-state index contributed by atoms with van der Waals surface area (Å²) in [5.74, 6) is 2.37. The van der Waals surface area contributed by atoms with Crippen molar-refractivity contribution in [1.29, 1.82) is 0 Å². The maximum Gasteiger partial charge on any atom is 0.255 e. The van der Waals surface area contributed by atoms with Gasteiger partial charge < -0.3 is 24.8 Å². The Balaban J connectivity index is 1.40. The first kappa shape index (κ1) is 34.9. The summed E-state index contributed by atoms with van der Waals surface area (Å²) in [6.45, 7) is 4.50. The Kier molecular flexibility index (Phi) is 11.2.